The van der Waals surface area contributed by atoms with Crippen LogP contribution in [0.25, 0.3) is 0 Å². The van der Waals surface area contributed by atoms with Crippen LogP contribution in [0.3, 0.4) is 0 Å². The van der Waals surface area contributed by atoms with E-state index in [9.17, 15) is 9.50 Å². The Morgan fingerprint density at radius 2 is 2.20 bits per heavy atom. The van der Waals surface area contributed by atoms with Gasteiger partial charge in [-0.3, -0.25) is 10.6 Å². The molecule has 5 atom stereocenters. The molecule has 4 rings (SSSR count). The van der Waals surface area contributed by atoms with E-state index in [1.165, 1.54) is 19.7 Å². The number of aliphatic hydroxyl groups is 1. The molecule has 0 spiro atoms. The van der Waals surface area contributed by atoms with E-state index in [0.717, 1.165) is 24.4 Å². The summed E-state index contributed by atoms with van der Waals surface area (Å²) in [6, 6.07) is 0.195. The van der Waals surface area contributed by atoms with Gasteiger partial charge < -0.3 is 20.1 Å². The van der Waals surface area contributed by atoms with Crippen molar-refractivity contribution in [3.05, 3.63) is 47.3 Å². The number of nitrogens with one attached hydrogen (secondary N) is 3. The number of halogens is 1. The van der Waals surface area contributed by atoms with Crippen LogP contribution in [0.1, 0.15) is 13.3 Å². The lowest BCUT2D eigenvalue weighted by molar-refractivity contribution is 0.0240. The van der Waals surface area contributed by atoms with Gasteiger partial charge in [-0.25, -0.2) is 4.39 Å². The van der Waals surface area contributed by atoms with E-state index in [0.29, 0.717) is 6.54 Å². The minimum atomic E-state index is -1.52. The zero-order chi connectivity index (χ0) is 17.6. The largest absolute Gasteiger partial charge is 0.374 e. The maximum absolute atomic E-state index is 14.5. The summed E-state index contributed by atoms with van der Waals surface area (Å²) in [4.78, 5) is 1.98. The molecule has 0 aromatic heterocycles. The van der Waals surface area contributed by atoms with E-state index in [1.54, 1.807) is 6.08 Å². The van der Waals surface area contributed by atoms with Gasteiger partial charge >= 0.3 is 0 Å². The number of alkyl halides is 1. The lowest BCUT2D eigenvalue weighted by Crippen LogP contribution is -2.43. The summed E-state index contributed by atoms with van der Waals surface area (Å²) in [6.45, 7) is 2.88. The predicted octanol–water partition coefficient (Wildman–Crippen LogP) is 0.466. The number of allylic oxidation sites excluding steroid dienone is 2. The second-order valence-corrected chi connectivity index (χ2v) is 7.11. The van der Waals surface area contributed by atoms with Gasteiger partial charge in [0.1, 0.15) is 6.10 Å². The summed E-state index contributed by atoms with van der Waals surface area (Å²) in [6.07, 6.45) is 8.73. The van der Waals surface area contributed by atoms with Crippen molar-refractivity contribution in [1.82, 2.24) is 20.9 Å². The maximum Gasteiger partial charge on any atom is 0.184 e. The van der Waals surface area contributed by atoms with Crippen LogP contribution >= 0.6 is 0 Å². The molecule has 2 fully saturated rings. The molecule has 2 aliphatic carbocycles. The third-order valence-electron chi connectivity index (χ3n) is 5.45. The first-order valence-corrected chi connectivity index (χ1v) is 8.70. The van der Waals surface area contributed by atoms with Crippen molar-refractivity contribution in [1.29, 1.82) is 0 Å². The minimum absolute atomic E-state index is 0.0597. The Morgan fingerprint density at radius 1 is 1.36 bits per heavy atom. The van der Waals surface area contributed by atoms with Crippen molar-refractivity contribution in [2.24, 2.45) is 0 Å². The molecule has 0 bridgehead atoms. The van der Waals surface area contributed by atoms with Crippen molar-refractivity contribution in [3.63, 3.8) is 0 Å². The Balaban J connectivity index is 1.60. The summed E-state index contributed by atoms with van der Waals surface area (Å²) in [5.41, 5.74) is 1.68. The Bertz CT molecular complexity index is 670. The fourth-order valence-electron chi connectivity index (χ4n) is 4.01. The molecule has 136 valence electrons. The van der Waals surface area contributed by atoms with Gasteiger partial charge in [-0.2, -0.15) is 0 Å². The summed E-state index contributed by atoms with van der Waals surface area (Å²) >= 11 is 0. The van der Waals surface area contributed by atoms with Gasteiger partial charge in [0, 0.05) is 31.5 Å². The molecule has 7 heteroatoms. The summed E-state index contributed by atoms with van der Waals surface area (Å²) < 4.78 is 19.8. The van der Waals surface area contributed by atoms with Crippen LogP contribution in [0.5, 0.6) is 0 Å². The molecule has 4 aliphatic rings. The van der Waals surface area contributed by atoms with Crippen LogP contribution in [0.4, 0.5) is 4.39 Å². The van der Waals surface area contributed by atoms with E-state index in [4.69, 9.17) is 4.74 Å². The number of hydrogen-bond acceptors (Lipinski definition) is 6. The standard InChI is InChI=1S/C18H25FN4O2/c1-18(19)6-5-11(7-16(18)25-2)15-9-20-17(24)23(15)12-3-4-13-14(8-12)22-10-21-13/h3-7,14-17,20-22,24H,8-10H2,1-2H3/t14?,15?,16?,17?,18-/m1/s1. The fourth-order valence-corrected chi connectivity index (χ4v) is 4.01. The monoisotopic (exact) mass is 348 g/mol. The third-order valence-corrected chi connectivity index (χ3v) is 5.45. The normalized spacial score (nSPS) is 40.3. The number of fused-ring (bicyclic) bond motifs is 1. The van der Waals surface area contributed by atoms with Crippen molar-refractivity contribution < 1.29 is 14.2 Å². The Labute approximate surface area is 147 Å². The first-order valence-electron chi connectivity index (χ1n) is 8.70. The van der Waals surface area contributed by atoms with E-state index in [2.05, 4.69) is 28.1 Å². The van der Waals surface area contributed by atoms with Crippen LogP contribution in [-0.2, 0) is 4.74 Å². The first-order chi connectivity index (χ1) is 12.0. The Kier molecular flexibility index (Phi) is 4.19. The van der Waals surface area contributed by atoms with Crippen molar-refractivity contribution >= 4 is 0 Å². The highest BCUT2D eigenvalue weighted by Crippen LogP contribution is 2.34. The highest BCUT2D eigenvalue weighted by molar-refractivity contribution is 5.38. The average Bonchev–Trinajstić information content (AvgIpc) is 3.20. The molecular weight excluding hydrogens is 323 g/mol. The molecule has 4 unspecified atom stereocenters. The second kappa shape index (κ2) is 6.25. The molecule has 2 saturated heterocycles. The Morgan fingerprint density at radius 3 is 3.00 bits per heavy atom. The smallest absolute Gasteiger partial charge is 0.184 e. The van der Waals surface area contributed by atoms with Crippen LogP contribution in [0.15, 0.2) is 47.3 Å². The fraction of sp³-hybridized carbons (Fsp3) is 0.556. The summed E-state index contributed by atoms with van der Waals surface area (Å²) in [5, 5.41) is 20.3. The number of rotatable bonds is 3. The van der Waals surface area contributed by atoms with E-state index < -0.39 is 18.1 Å². The molecule has 6 nitrogen and oxygen atoms in total. The van der Waals surface area contributed by atoms with Gasteiger partial charge in [0.2, 0.25) is 0 Å². The highest BCUT2D eigenvalue weighted by atomic mass is 19.1. The number of aliphatic hydroxyl groups excluding tert-OH is 1. The van der Waals surface area contributed by atoms with Crippen molar-refractivity contribution in [2.75, 3.05) is 20.3 Å². The maximum atomic E-state index is 14.5. The molecule has 4 N–H and O–H groups in total. The molecular formula is C18H25FN4O2. The van der Waals surface area contributed by atoms with Gasteiger partial charge in [0.05, 0.1) is 18.8 Å². The predicted molar refractivity (Wildman–Crippen MR) is 92.9 cm³/mol. The highest BCUT2D eigenvalue weighted by Gasteiger charge is 2.40. The zero-order valence-corrected chi connectivity index (χ0v) is 14.5. The SMILES string of the molecule is COC1C=C(C2CNC(O)N2C2=CC=C3NCNC3C2)C=C[C@@]1(C)F. The second-order valence-electron chi connectivity index (χ2n) is 7.11. The van der Waals surface area contributed by atoms with E-state index >= 15 is 0 Å². The number of nitrogens with zero attached hydrogens (tertiary/aromatic N) is 1. The molecule has 2 heterocycles. The number of ether oxygens (including phenoxy) is 1. The van der Waals surface area contributed by atoms with Crippen LogP contribution in [0.2, 0.25) is 0 Å². The molecule has 0 amide bonds. The van der Waals surface area contributed by atoms with Gasteiger partial charge in [0.15, 0.2) is 12.0 Å². The van der Waals surface area contributed by atoms with Crippen LogP contribution < -0.4 is 16.0 Å². The molecule has 0 radical (unpaired) electrons. The van der Waals surface area contributed by atoms with E-state index in [-0.39, 0.29) is 12.1 Å². The Hall–Kier alpha value is -1.67. The van der Waals surface area contributed by atoms with Crippen LogP contribution in [0, 0.1) is 0 Å². The van der Waals surface area contributed by atoms with Crippen molar-refractivity contribution in [2.45, 2.75) is 43.6 Å². The zero-order valence-electron chi connectivity index (χ0n) is 14.5. The molecule has 0 saturated carbocycles. The molecule has 25 heavy (non-hydrogen) atoms. The first kappa shape index (κ1) is 16.8. The van der Waals surface area contributed by atoms with E-state index in [1.807, 2.05) is 17.1 Å². The van der Waals surface area contributed by atoms with Crippen LogP contribution in [-0.4, -0.2) is 60.5 Å². The third kappa shape index (κ3) is 2.91. The lowest BCUT2D eigenvalue weighted by Gasteiger charge is -2.36. The average molecular weight is 348 g/mol. The van der Waals surface area contributed by atoms with Gasteiger partial charge in [0.25, 0.3) is 0 Å². The molecule has 0 aromatic rings. The lowest BCUT2D eigenvalue weighted by atomic mass is 9.89. The quantitative estimate of drug-likeness (QED) is 0.594. The molecule has 0 aromatic carbocycles. The van der Waals surface area contributed by atoms with Gasteiger partial charge in [-0.1, -0.05) is 6.08 Å². The minimum Gasteiger partial charge on any atom is -0.374 e. The summed E-state index contributed by atoms with van der Waals surface area (Å²) in [5.74, 6) is 0. The van der Waals surface area contributed by atoms with Crippen molar-refractivity contribution in [3.8, 4) is 0 Å². The summed E-state index contributed by atoms with van der Waals surface area (Å²) in [7, 11) is 1.52. The number of methoxy groups -OCH3 is 1. The number of hydrogen-bond donors (Lipinski definition) is 4. The van der Waals surface area contributed by atoms with Gasteiger partial charge in [-0.15, -0.1) is 0 Å². The molecule has 2 aliphatic heterocycles. The van der Waals surface area contributed by atoms with Gasteiger partial charge in [-0.05, 0) is 36.8 Å². The topological polar surface area (TPSA) is 68.8 Å².